The van der Waals surface area contributed by atoms with Crippen molar-refractivity contribution in [3.8, 4) is 0 Å². The van der Waals surface area contributed by atoms with Crippen LogP contribution in [0.5, 0.6) is 0 Å². The predicted octanol–water partition coefficient (Wildman–Crippen LogP) is 1.47. The average Bonchev–Trinajstić information content (AvgIpc) is 2.78. The van der Waals surface area contributed by atoms with Gasteiger partial charge in [-0.15, -0.1) is 0 Å². The van der Waals surface area contributed by atoms with E-state index in [-0.39, 0.29) is 11.6 Å². The summed E-state index contributed by atoms with van der Waals surface area (Å²) in [6, 6.07) is 0. The number of carbonyl (C=O) groups excluding carboxylic acids is 1. The molecule has 0 aromatic carbocycles. The van der Waals surface area contributed by atoms with Crippen LogP contribution in [0.25, 0.3) is 0 Å². The third-order valence-corrected chi connectivity index (χ3v) is 3.14. The Labute approximate surface area is 94.8 Å². The van der Waals surface area contributed by atoms with Crippen molar-refractivity contribution >= 4 is 5.78 Å². The van der Waals surface area contributed by atoms with Crippen molar-refractivity contribution in [1.29, 1.82) is 0 Å². The molecule has 5 heteroatoms. The maximum absolute atomic E-state index is 11.0. The highest BCUT2D eigenvalue weighted by molar-refractivity contribution is 5.89. The van der Waals surface area contributed by atoms with Crippen molar-refractivity contribution in [2.24, 2.45) is 0 Å². The molecule has 16 heavy (non-hydrogen) atoms. The van der Waals surface area contributed by atoms with Gasteiger partial charge in [-0.3, -0.25) is 4.79 Å². The number of hydrogen-bond acceptors (Lipinski definition) is 5. The zero-order valence-electron chi connectivity index (χ0n) is 9.77. The van der Waals surface area contributed by atoms with Gasteiger partial charge in [0.05, 0.1) is 0 Å². The van der Waals surface area contributed by atoms with E-state index in [0.717, 1.165) is 32.5 Å². The number of ketones is 1. The SMILES string of the molecule is CCN1CCC(c2nc(C(C)=O)no2)CC1. The molecule has 1 aliphatic rings. The lowest BCUT2D eigenvalue weighted by Gasteiger charge is -2.28. The van der Waals surface area contributed by atoms with Crippen LogP contribution in [-0.2, 0) is 0 Å². The lowest BCUT2D eigenvalue weighted by molar-refractivity contribution is 0.100. The molecule has 1 fully saturated rings. The Morgan fingerprint density at radius 2 is 2.19 bits per heavy atom. The lowest BCUT2D eigenvalue weighted by atomic mass is 9.97. The van der Waals surface area contributed by atoms with E-state index in [1.54, 1.807) is 0 Å². The maximum Gasteiger partial charge on any atom is 0.238 e. The molecule has 0 unspecified atom stereocenters. The van der Waals surface area contributed by atoms with Crippen LogP contribution in [0.15, 0.2) is 4.52 Å². The summed E-state index contributed by atoms with van der Waals surface area (Å²) >= 11 is 0. The Morgan fingerprint density at radius 3 is 2.69 bits per heavy atom. The van der Waals surface area contributed by atoms with Crippen LogP contribution < -0.4 is 0 Å². The lowest BCUT2D eigenvalue weighted by Crippen LogP contribution is -2.32. The molecule has 0 bridgehead atoms. The maximum atomic E-state index is 11.0. The standard InChI is InChI=1S/C11H17N3O2/c1-3-14-6-4-9(5-7-14)11-12-10(8(2)15)13-16-11/h9H,3-7H2,1-2H3. The fourth-order valence-corrected chi connectivity index (χ4v) is 2.04. The third-order valence-electron chi connectivity index (χ3n) is 3.14. The van der Waals surface area contributed by atoms with E-state index in [2.05, 4.69) is 22.0 Å². The van der Waals surface area contributed by atoms with Crippen LogP contribution in [0, 0.1) is 0 Å². The molecule has 88 valence electrons. The molecular formula is C11H17N3O2. The molecule has 1 saturated heterocycles. The number of nitrogens with zero attached hydrogens (tertiary/aromatic N) is 3. The minimum Gasteiger partial charge on any atom is -0.339 e. The summed E-state index contributed by atoms with van der Waals surface area (Å²) in [5.74, 6) is 1.01. The summed E-state index contributed by atoms with van der Waals surface area (Å²) in [5.41, 5.74) is 0. The van der Waals surface area contributed by atoms with Gasteiger partial charge in [0.25, 0.3) is 0 Å². The summed E-state index contributed by atoms with van der Waals surface area (Å²) in [5, 5.41) is 3.68. The predicted molar refractivity (Wildman–Crippen MR) is 58.4 cm³/mol. The van der Waals surface area contributed by atoms with Crippen molar-refractivity contribution in [3.05, 3.63) is 11.7 Å². The average molecular weight is 223 g/mol. The number of likely N-dealkylation sites (tertiary alicyclic amines) is 1. The largest absolute Gasteiger partial charge is 0.339 e. The van der Waals surface area contributed by atoms with E-state index in [1.165, 1.54) is 6.92 Å². The van der Waals surface area contributed by atoms with Crippen LogP contribution in [-0.4, -0.2) is 40.5 Å². The molecular weight excluding hydrogens is 206 g/mol. The fraction of sp³-hybridized carbons (Fsp3) is 0.727. The topological polar surface area (TPSA) is 59.2 Å². The number of Topliss-reactive ketones (excluding diaryl/α,β-unsaturated/α-hetero) is 1. The Balaban J connectivity index is 2.00. The molecule has 0 amide bonds. The van der Waals surface area contributed by atoms with Crippen LogP contribution in [0.2, 0.25) is 0 Å². The van der Waals surface area contributed by atoms with Crippen molar-refractivity contribution in [3.63, 3.8) is 0 Å². The molecule has 0 radical (unpaired) electrons. The van der Waals surface area contributed by atoms with Gasteiger partial charge in [0, 0.05) is 12.8 Å². The highest BCUT2D eigenvalue weighted by atomic mass is 16.5. The van der Waals surface area contributed by atoms with Crippen molar-refractivity contribution in [2.75, 3.05) is 19.6 Å². The minimum absolute atomic E-state index is 0.138. The second-order valence-electron chi connectivity index (χ2n) is 4.22. The summed E-state index contributed by atoms with van der Waals surface area (Å²) in [6.07, 6.45) is 2.07. The van der Waals surface area contributed by atoms with E-state index in [9.17, 15) is 4.79 Å². The molecule has 1 aromatic heterocycles. The Bertz CT molecular complexity index is 367. The quantitative estimate of drug-likeness (QED) is 0.726. The molecule has 0 aliphatic carbocycles. The molecule has 0 spiro atoms. The van der Waals surface area contributed by atoms with Crippen molar-refractivity contribution < 1.29 is 9.32 Å². The van der Waals surface area contributed by atoms with Gasteiger partial charge < -0.3 is 9.42 Å². The number of carbonyl (C=O) groups is 1. The van der Waals surface area contributed by atoms with E-state index < -0.39 is 0 Å². The summed E-state index contributed by atoms with van der Waals surface area (Å²) in [6.45, 7) is 6.85. The number of aromatic nitrogens is 2. The molecule has 0 N–H and O–H groups in total. The van der Waals surface area contributed by atoms with Gasteiger partial charge in [0.1, 0.15) is 0 Å². The normalized spacial score (nSPS) is 18.9. The van der Waals surface area contributed by atoms with Gasteiger partial charge in [0.15, 0.2) is 0 Å². The summed E-state index contributed by atoms with van der Waals surface area (Å²) in [7, 11) is 0. The van der Waals surface area contributed by atoms with Gasteiger partial charge in [0.2, 0.25) is 17.5 Å². The monoisotopic (exact) mass is 223 g/mol. The van der Waals surface area contributed by atoms with Gasteiger partial charge in [-0.1, -0.05) is 12.1 Å². The molecule has 5 nitrogen and oxygen atoms in total. The van der Waals surface area contributed by atoms with Crippen LogP contribution in [0.1, 0.15) is 49.1 Å². The molecule has 1 aliphatic heterocycles. The Morgan fingerprint density at radius 1 is 1.50 bits per heavy atom. The number of piperidine rings is 1. The summed E-state index contributed by atoms with van der Waals surface area (Å²) < 4.78 is 5.13. The fourth-order valence-electron chi connectivity index (χ4n) is 2.04. The first-order chi connectivity index (χ1) is 7.70. The second-order valence-corrected chi connectivity index (χ2v) is 4.22. The Kier molecular flexibility index (Phi) is 3.33. The smallest absolute Gasteiger partial charge is 0.238 e. The molecule has 0 saturated carbocycles. The first kappa shape index (κ1) is 11.3. The number of rotatable bonds is 3. The molecule has 1 aromatic rings. The second kappa shape index (κ2) is 4.74. The van der Waals surface area contributed by atoms with Crippen molar-refractivity contribution in [1.82, 2.24) is 15.0 Å². The van der Waals surface area contributed by atoms with E-state index in [0.29, 0.717) is 11.8 Å². The summed E-state index contributed by atoms with van der Waals surface area (Å²) in [4.78, 5) is 17.6. The third kappa shape index (κ3) is 2.29. The number of hydrogen-bond donors (Lipinski definition) is 0. The first-order valence-electron chi connectivity index (χ1n) is 5.77. The zero-order valence-corrected chi connectivity index (χ0v) is 9.77. The van der Waals surface area contributed by atoms with Crippen LogP contribution in [0.4, 0.5) is 0 Å². The van der Waals surface area contributed by atoms with E-state index in [4.69, 9.17) is 4.52 Å². The van der Waals surface area contributed by atoms with Gasteiger partial charge in [-0.05, 0) is 32.5 Å². The van der Waals surface area contributed by atoms with Crippen LogP contribution >= 0.6 is 0 Å². The molecule has 2 rings (SSSR count). The van der Waals surface area contributed by atoms with Gasteiger partial charge in [-0.2, -0.15) is 4.98 Å². The molecule has 2 heterocycles. The highest BCUT2D eigenvalue weighted by Gasteiger charge is 2.24. The van der Waals surface area contributed by atoms with Crippen molar-refractivity contribution in [2.45, 2.75) is 32.6 Å². The minimum atomic E-state index is -0.138. The van der Waals surface area contributed by atoms with E-state index >= 15 is 0 Å². The first-order valence-corrected chi connectivity index (χ1v) is 5.77. The Hall–Kier alpha value is -1.23. The zero-order chi connectivity index (χ0) is 11.5. The van der Waals surface area contributed by atoms with Crippen LogP contribution in [0.3, 0.4) is 0 Å². The van der Waals surface area contributed by atoms with Gasteiger partial charge in [-0.25, -0.2) is 0 Å². The van der Waals surface area contributed by atoms with Gasteiger partial charge >= 0.3 is 0 Å². The molecule has 0 atom stereocenters. The van der Waals surface area contributed by atoms with E-state index in [1.807, 2.05) is 0 Å². The highest BCUT2D eigenvalue weighted by Crippen LogP contribution is 2.26.